The molecule has 1 aliphatic heterocycles. The van der Waals surface area contributed by atoms with Crippen LogP contribution in [0.1, 0.15) is 35.2 Å². The molecule has 2 heterocycles. The minimum atomic E-state index is -0.846. The smallest absolute Gasteiger partial charge is 0.300 e. The number of halogens is 1. The van der Waals surface area contributed by atoms with Gasteiger partial charge in [-0.3, -0.25) is 19.5 Å². The Morgan fingerprint density at radius 1 is 1.06 bits per heavy atom. The standard InChI is InChI=1S/C26H23ClN2O4/c1-4-33-19-5-6-21(27)20(14-19)24(30)22-23(17-7-9-28-10-8-17)29(26(32)25(22)31)18-12-15(2)11-16(3)13-18/h5-14,23,30H,4H2,1-3H3/b24-22+. The Morgan fingerprint density at radius 3 is 2.36 bits per heavy atom. The Kier molecular flexibility index (Phi) is 6.20. The van der Waals surface area contributed by atoms with E-state index in [4.69, 9.17) is 16.3 Å². The molecule has 7 heteroatoms. The molecule has 1 saturated heterocycles. The van der Waals surface area contributed by atoms with Gasteiger partial charge in [-0.2, -0.15) is 0 Å². The number of rotatable bonds is 5. The van der Waals surface area contributed by atoms with E-state index in [1.54, 1.807) is 42.7 Å². The van der Waals surface area contributed by atoms with Crippen LogP contribution in [0.5, 0.6) is 5.75 Å². The van der Waals surface area contributed by atoms with E-state index in [-0.39, 0.29) is 21.9 Å². The second-order valence-corrected chi connectivity index (χ2v) is 8.28. The summed E-state index contributed by atoms with van der Waals surface area (Å²) in [6, 6.07) is 13.1. The third-order valence-electron chi connectivity index (χ3n) is 5.45. The molecule has 168 valence electrons. The van der Waals surface area contributed by atoms with Gasteiger partial charge in [0.05, 0.1) is 23.2 Å². The maximum Gasteiger partial charge on any atom is 0.300 e. The monoisotopic (exact) mass is 462 g/mol. The number of hydrogen-bond acceptors (Lipinski definition) is 5. The number of nitrogens with zero attached hydrogens (tertiary/aromatic N) is 2. The molecule has 1 fully saturated rings. The first-order valence-electron chi connectivity index (χ1n) is 10.5. The lowest BCUT2D eigenvalue weighted by Crippen LogP contribution is -2.29. The van der Waals surface area contributed by atoms with Crippen molar-refractivity contribution in [2.45, 2.75) is 26.8 Å². The molecule has 0 bridgehead atoms. The number of ether oxygens (including phenoxy) is 1. The number of hydrogen-bond donors (Lipinski definition) is 1. The number of benzene rings is 2. The van der Waals surface area contributed by atoms with Gasteiger partial charge in [0.25, 0.3) is 11.7 Å². The molecule has 0 spiro atoms. The van der Waals surface area contributed by atoms with E-state index in [1.807, 2.05) is 39.0 Å². The highest BCUT2D eigenvalue weighted by molar-refractivity contribution is 6.52. The SMILES string of the molecule is CCOc1ccc(Cl)c(/C(O)=C2\C(=O)C(=O)N(c3cc(C)cc(C)c3)C2c2ccncc2)c1. The van der Waals surface area contributed by atoms with Crippen LogP contribution >= 0.6 is 11.6 Å². The van der Waals surface area contributed by atoms with Crippen LogP contribution in [0.25, 0.3) is 5.76 Å². The molecule has 1 aliphatic rings. The van der Waals surface area contributed by atoms with E-state index in [9.17, 15) is 14.7 Å². The Balaban J connectivity index is 1.96. The van der Waals surface area contributed by atoms with Gasteiger partial charge in [-0.05, 0) is 79.9 Å². The zero-order valence-electron chi connectivity index (χ0n) is 18.5. The van der Waals surface area contributed by atoms with Crippen LogP contribution in [0.4, 0.5) is 5.69 Å². The first-order valence-corrected chi connectivity index (χ1v) is 10.9. The van der Waals surface area contributed by atoms with Gasteiger partial charge in [0, 0.05) is 23.6 Å². The van der Waals surface area contributed by atoms with Gasteiger partial charge in [-0.15, -0.1) is 0 Å². The van der Waals surface area contributed by atoms with Crippen LogP contribution in [-0.4, -0.2) is 28.4 Å². The summed E-state index contributed by atoms with van der Waals surface area (Å²) < 4.78 is 5.53. The van der Waals surface area contributed by atoms with E-state index < -0.39 is 17.7 Å². The number of pyridine rings is 1. The average Bonchev–Trinajstić information content (AvgIpc) is 3.05. The van der Waals surface area contributed by atoms with E-state index in [0.29, 0.717) is 23.6 Å². The summed E-state index contributed by atoms with van der Waals surface area (Å²) in [6.45, 7) is 6.12. The predicted molar refractivity (Wildman–Crippen MR) is 128 cm³/mol. The van der Waals surface area contributed by atoms with Crippen molar-refractivity contribution in [2.24, 2.45) is 0 Å². The van der Waals surface area contributed by atoms with Crippen molar-refractivity contribution >= 4 is 34.7 Å². The first kappa shape index (κ1) is 22.6. The molecule has 4 rings (SSSR count). The highest BCUT2D eigenvalue weighted by Crippen LogP contribution is 2.43. The van der Waals surface area contributed by atoms with Crippen molar-refractivity contribution in [1.29, 1.82) is 0 Å². The zero-order valence-corrected chi connectivity index (χ0v) is 19.3. The fourth-order valence-electron chi connectivity index (χ4n) is 4.14. The molecule has 33 heavy (non-hydrogen) atoms. The number of carbonyl (C=O) groups is 2. The van der Waals surface area contributed by atoms with E-state index in [0.717, 1.165) is 11.1 Å². The van der Waals surface area contributed by atoms with Gasteiger partial charge in [0.15, 0.2) is 0 Å². The number of amides is 1. The molecule has 1 atom stereocenters. The van der Waals surface area contributed by atoms with Crippen LogP contribution in [0.15, 0.2) is 66.5 Å². The lowest BCUT2D eigenvalue weighted by Gasteiger charge is -2.26. The number of anilines is 1. The van der Waals surface area contributed by atoms with Crippen molar-refractivity contribution in [3.8, 4) is 5.75 Å². The molecule has 1 unspecified atom stereocenters. The summed E-state index contributed by atoms with van der Waals surface area (Å²) in [5, 5.41) is 11.5. The third kappa shape index (κ3) is 4.22. The minimum absolute atomic E-state index is 0.0408. The Labute approximate surface area is 197 Å². The fourth-order valence-corrected chi connectivity index (χ4v) is 4.34. The van der Waals surface area contributed by atoms with E-state index >= 15 is 0 Å². The van der Waals surface area contributed by atoms with E-state index in [2.05, 4.69) is 4.98 Å². The van der Waals surface area contributed by atoms with Gasteiger partial charge in [-0.25, -0.2) is 0 Å². The normalized spacial score (nSPS) is 17.5. The van der Waals surface area contributed by atoms with Crippen molar-refractivity contribution in [1.82, 2.24) is 4.98 Å². The van der Waals surface area contributed by atoms with Crippen LogP contribution < -0.4 is 9.64 Å². The lowest BCUT2D eigenvalue weighted by molar-refractivity contribution is -0.132. The molecule has 6 nitrogen and oxygen atoms in total. The van der Waals surface area contributed by atoms with E-state index in [1.165, 1.54) is 4.90 Å². The highest BCUT2D eigenvalue weighted by atomic mass is 35.5. The second kappa shape index (κ2) is 9.08. The van der Waals surface area contributed by atoms with Crippen LogP contribution in [0.2, 0.25) is 5.02 Å². The van der Waals surface area contributed by atoms with Crippen molar-refractivity contribution in [3.05, 3.63) is 93.8 Å². The zero-order chi connectivity index (χ0) is 23.7. The van der Waals surface area contributed by atoms with Gasteiger partial charge in [-0.1, -0.05) is 17.7 Å². The van der Waals surface area contributed by atoms with Gasteiger partial charge >= 0.3 is 0 Å². The molecule has 1 aromatic heterocycles. The summed E-state index contributed by atoms with van der Waals surface area (Å²) in [6.07, 6.45) is 3.17. The van der Waals surface area contributed by atoms with Crippen molar-refractivity contribution < 1.29 is 19.4 Å². The number of aliphatic hydroxyl groups is 1. The first-order chi connectivity index (χ1) is 15.8. The molecule has 2 aromatic carbocycles. The molecular formula is C26H23ClN2O4. The average molecular weight is 463 g/mol. The molecule has 0 saturated carbocycles. The topological polar surface area (TPSA) is 79.7 Å². The number of Topliss-reactive ketones (excluding diaryl/α,β-unsaturated/α-hetero) is 1. The second-order valence-electron chi connectivity index (χ2n) is 7.87. The minimum Gasteiger partial charge on any atom is -0.507 e. The van der Waals surface area contributed by atoms with Gasteiger partial charge in [0.1, 0.15) is 11.5 Å². The molecule has 0 aliphatic carbocycles. The molecule has 1 amide bonds. The Bertz CT molecular complexity index is 1250. The van der Waals surface area contributed by atoms with Gasteiger partial charge < -0.3 is 9.84 Å². The number of carbonyl (C=O) groups excluding carboxylic acids is 2. The van der Waals surface area contributed by atoms with Crippen LogP contribution in [0, 0.1) is 13.8 Å². The summed E-state index contributed by atoms with van der Waals surface area (Å²) in [7, 11) is 0. The van der Waals surface area contributed by atoms with Crippen LogP contribution in [-0.2, 0) is 9.59 Å². The summed E-state index contributed by atoms with van der Waals surface area (Å²) in [5.74, 6) is -1.37. The predicted octanol–water partition coefficient (Wildman–Crippen LogP) is 5.38. The Morgan fingerprint density at radius 2 is 1.73 bits per heavy atom. The third-order valence-corrected chi connectivity index (χ3v) is 5.78. The maximum absolute atomic E-state index is 13.3. The number of aromatic nitrogens is 1. The highest BCUT2D eigenvalue weighted by Gasteiger charge is 2.47. The van der Waals surface area contributed by atoms with Crippen molar-refractivity contribution in [3.63, 3.8) is 0 Å². The molecule has 3 aromatic rings. The number of aliphatic hydroxyl groups excluding tert-OH is 1. The Hall–Kier alpha value is -3.64. The van der Waals surface area contributed by atoms with Crippen LogP contribution in [0.3, 0.4) is 0 Å². The van der Waals surface area contributed by atoms with Crippen molar-refractivity contribution in [2.75, 3.05) is 11.5 Å². The summed E-state index contributed by atoms with van der Waals surface area (Å²) in [5.41, 5.74) is 3.30. The molecule has 1 N–H and O–H groups in total. The number of ketones is 1. The fraction of sp³-hybridized carbons (Fsp3) is 0.192. The maximum atomic E-state index is 13.3. The summed E-state index contributed by atoms with van der Waals surface area (Å²) in [4.78, 5) is 32.0. The lowest BCUT2D eigenvalue weighted by atomic mass is 9.95. The van der Waals surface area contributed by atoms with Gasteiger partial charge in [0.2, 0.25) is 0 Å². The largest absolute Gasteiger partial charge is 0.507 e. The quantitative estimate of drug-likeness (QED) is 0.313. The molecular weight excluding hydrogens is 440 g/mol. The number of aryl methyl sites for hydroxylation is 2. The summed E-state index contributed by atoms with van der Waals surface area (Å²) >= 11 is 6.37. The molecule has 0 radical (unpaired) electrons.